The van der Waals surface area contributed by atoms with E-state index in [9.17, 15) is 9.90 Å². The number of hydrogen-bond donors (Lipinski definition) is 2. The van der Waals surface area contributed by atoms with Crippen molar-refractivity contribution in [2.24, 2.45) is 7.05 Å². The zero-order valence-electron chi connectivity index (χ0n) is 18.1. The molecule has 0 radical (unpaired) electrons. The Kier molecular flexibility index (Phi) is 5.48. The maximum absolute atomic E-state index is 13.1. The molecular formula is C24H27N5O3. The van der Waals surface area contributed by atoms with Gasteiger partial charge in [-0.2, -0.15) is 0 Å². The van der Waals surface area contributed by atoms with Crippen molar-refractivity contribution in [2.45, 2.75) is 43.2 Å². The van der Waals surface area contributed by atoms with Crippen LogP contribution in [0.2, 0.25) is 0 Å². The number of nitrogens with zero attached hydrogens (tertiary/aromatic N) is 4. The number of benzene rings is 1. The zero-order chi connectivity index (χ0) is 22.1. The number of nitrogens with one attached hydrogen (secondary N) is 1. The fourth-order valence-corrected chi connectivity index (χ4v) is 4.57. The van der Waals surface area contributed by atoms with Crippen molar-refractivity contribution in [3.63, 3.8) is 0 Å². The number of hydrogen-bond acceptors (Lipinski definition) is 6. The molecule has 0 unspecified atom stereocenters. The summed E-state index contributed by atoms with van der Waals surface area (Å²) in [6.45, 7) is 1.38. The third-order valence-corrected chi connectivity index (χ3v) is 6.48. The molecule has 0 spiro atoms. The molecule has 2 fully saturated rings. The van der Waals surface area contributed by atoms with Crippen LogP contribution < -0.4 is 5.32 Å². The standard InChI is InChI=1S/C24H27N5O3/c1-29-15-25-14-21(29)22-27-19(16-7-9-32-10-8-16)11-20(28-22)23(30)26-18-12-24(31,13-18)17-5-3-2-4-6-17/h2-6,11,14-16,18,31H,7-10,12-13H2,1H3,(H,26,30)/t18-,24+. The molecule has 32 heavy (non-hydrogen) atoms. The molecule has 1 amide bonds. The zero-order valence-corrected chi connectivity index (χ0v) is 18.1. The lowest BCUT2D eigenvalue weighted by Gasteiger charge is -2.44. The van der Waals surface area contributed by atoms with Gasteiger partial charge in [-0.05, 0) is 24.5 Å². The Balaban J connectivity index is 1.36. The molecule has 1 aliphatic heterocycles. The summed E-state index contributed by atoms with van der Waals surface area (Å²) in [5.41, 5.74) is 1.95. The minimum absolute atomic E-state index is 0.102. The third-order valence-electron chi connectivity index (χ3n) is 6.48. The number of rotatable bonds is 5. The van der Waals surface area contributed by atoms with Gasteiger partial charge in [0.05, 0.1) is 18.1 Å². The van der Waals surface area contributed by atoms with Crippen LogP contribution in [0, 0.1) is 0 Å². The lowest BCUT2D eigenvalue weighted by molar-refractivity contribution is -0.0595. The minimum Gasteiger partial charge on any atom is -0.385 e. The van der Waals surface area contributed by atoms with Crippen molar-refractivity contribution < 1.29 is 14.6 Å². The van der Waals surface area contributed by atoms with Crippen LogP contribution in [-0.2, 0) is 17.4 Å². The molecule has 3 heterocycles. The van der Waals surface area contributed by atoms with Crippen LogP contribution in [0.4, 0.5) is 0 Å². The van der Waals surface area contributed by atoms with Crippen molar-refractivity contribution in [2.75, 3.05) is 13.2 Å². The van der Waals surface area contributed by atoms with Crippen LogP contribution in [-0.4, -0.2) is 49.8 Å². The lowest BCUT2D eigenvalue weighted by atomic mass is 9.71. The Bertz CT molecular complexity index is 1100. The molecule has 5 rings (SSSR count). The highest BCUT2D eigenvalue weighted by Crippen LogP contribution is 2.41. The molecule has 0 bridgehead atoms. The number of aromatic nitrogens is 4. The summed E-state index contributed by atoms with van der Waals surface area (Å²) in [5, 5.41) is 13.9. The highest BCUT2D eigenvalue weighted by molar-refractivity contribution is 5.93. The van der Waals surface area contributed by atoms with Gasteiger partial charge >= 0.3 is 0 Å². The molecule has 166 valence electrons. The summed E-state index contributed by atoms with van der Waals surface area (Å²) < 4.78 is 7.33. The number of ether oxygens (including phenoxy) is 1. The minimum atomic E-state index is -0.891. The molecule has 1 saturated heterocycles. The summed E-state index contributed by atoms with van der Waals surface area (Å²) in [6.07, 6.45) is 6.10. The second-order valence-electron chi connectivity index (χ2n) is 8.75. The highest BCUT2D eigenvalue weighted by Gasteiger charge is 2.44. The average molecular weight is 434 g/mol. The summed E-state index contributed by atoms with van der Waals surface area (Å²) in [7, 11) is 1.88. The van der Waals surface area contributed by atoms with Gasteiger partial charge in [-0.1, -0.05) is 30.3 Å². The first-order valence-electron chi connectivity index (χ1n) is 11.0. The largest absolute Gasteiger partial charge is 0.385 e. The van der Waals surface area contributed by atoms with Gasteiger partial charge in [0.1, 0.15) is 11.4 Å². The number of imidazole rings is 1. The predicted molar refractivity (Wildman–Crippen MR) is 118 cm³/mol. The van der Waals surface area contributed by atoms with Gasteiger partial charge in [0.25, 0.3) is 5.91 Å². The number of aryl methyl sites for hydroxylation is 1. The molecule has 1 aliphatic carbocycles. The van der Waals surface area contributed by atoms with Crippen LogP contribution in [0.25, 0.3) is 11.5 Å². The highest BCUT2D eigenvalue weighted by atomic mass is 16.5. The van der Waals surface area contributed by atoms with Crippen molar-refractivity contribution in [1.82, 2.24) is 24.8 Å². The van der Waals surface area contributed by atoms with Crippen LogP contribution in [0.15, 0.2) is 48.9 Å². The topological polar surface area (TPSA) is 102 Å². The van der Waals surface area contributed by atoms with E-state index in [2.05, 4.69) is 15.3 Å². The molecule has 1 aromatic carbocycles. The van der Waals surface area contributed by atoms with E-state index in [1.165, 1.54) is 0 Å². The van der Waals surface area contributed by atoms with Gasteiger partial charge in [0.15, 0.2) is 5.82 Å². The van der Waals surface area contributed by atoms with E-state index < -0.39 is 5.60 Å². The Hall–Kier alpha value is -3.10. The molecule has 1 saturated carbocycles. The normalized spacial score (nSPS) is 23.5. The molecular weight excluding hydrogens is 406 g/mol. The monoisotopic (exact) mass is 433 g/mol. The second kappa shape index (κ2) is 8.44. The molecule has 0 atom stereocenters. The molecule has 8 nitrogen and oxygen atoms in total. The van der Waals surface area contributed by atoms with Crippen molar-refractivity contribution >= 4 is 5.91 Å². The van der Waals surface area contributed by atoms with Crippen LogP contribution in [0.3, 0.4) is 0 Å². The molecule has 2 aromatic heterocycles. The van der Waals surface area contributed by atoms with Crippen molar-refractivity contribution in [1.29, 1.82) is 0 Å². The summed E-state index contributed by atoms with van der Waals surface area (Å²) in [5.74, 6) is 0.481. The van der Waals surface area contributed by atoms with Crippen LogP contribution in [0.1, 0.15) is 53.3 Å². The van der Waals surface area contributed by atoms with Crippen molar-refractivity contribution in [3.05, 3.63) is 65.9 Å². The molecule has 2 N–H and O–H groups in total. The first kappa shape index (κ1) is 20.8. The smallest absolute Gasteiger partial charge is 0.270 e. The van der Waals surface area contributed by atoms with Gasteiger partial charge in [0, 0.05) is 50.8 Å². The van der Waals surface area contributed by atoms with Crippen LogP contribution in [0.5, 0.6) is 0 Å². The fourth-order valence-electron chi connectivity index (χ4n) is 4.57. The summed E-state index contributed by atoms with van der Waals surface area (Å²) in [6, 6.07) is 11.3. The van der Waals surface area contributed by atoms with E-state index in [-0.39, 0.29) is 17.9 Å². The maximum atomic E-state index is 13.1. The molecule has 8 heteroatoms. The van der Waals surface area contributed by atoms with Gasteiger partial charge in [0.2, 0.25) is 0 Å². The first-order chi connectivity index (χ1) is 15.5. The van der Waals surface area contributed by atoms with E-state index in [1.54, 1.807) is 18.6 Å². The van der Waals surface area contributed by atoms with Gasteiger partial charge in [-0.25, -0.2) is 15.0 Å². The SMILES string of the molecule is Cn1cncc1-c1nc(C(=O)N[C@H]2C[C@](O)(c3ccccc3)C2)cc(C2CCOCC2)n1. The predicted octanol–water partition coefficient (Wildman–Crippen LogP) is 2.55. The Morgan fingerprint density at radius 1 is 1.19 bits per heavy atom. The molecule has 2 aliphatic rings. The first-order valence-corrected chi connectivity index (χ1v) is 11.0. The number of amides is 1. The Morgan fingerprint density at radius 2 is 1.94 bits per heavy atom. The van der Waals surface area contributed by atoms with Gasteiger partial charge in [-0.3, -0.25) is 4.79 Å². The second-order valence-corrected chi connectivity index (χ2v) is 8.75. The van der Waals surface area contributed by atoms with E-state index in [0.717, 1.165) is 29.8 Å². The number of aliphatic hydroxyl groups is 1. The van der Waals surface area contributed by atoms with Crippen molar-refractivity contribution in [3.8, 4) is 11.5 Å². The Morgan fingerprint density at radius 3 is 2.62 bits per heavy atom. The third kappa shape index (κ3) is 4.03. The van der Waals surface area contributed by atoms with Crippen LogP contribution >= 0.6 is 0 Å². The van der Waals surface area contributed by atoms with E-state index in [1.807, 2.05) is 41.9 Å². The number of carbonyl (C=O) groups is 1. The maximum Gasteiger partial charge on any atom is 0.270 e. The van der Waals surface area contributed by atoms with E-state index in [0.29, 0.717) is 37.6 Å². The van der Waals surface area contributed by atoms with E-state index in [4.69, 9.17) is 9.72 Å². The lowest BCUT2D eigenvalue weighted by Crippen LogP contribution is -2.53. The quantitative estimate of drug-likeness (QED) is 0.641. The van der Waals surface area contributed by atoms with Gasteiger partial charge < -0.3 is 19.7 Å². The summed E-state index contributed by atoms with van der Waals surface area (Å²) >= 11 is 0. The molecule has 3 aromatic rings. The average Bonchev–Trinajstić information content (AvgIpc) is 3.24. The summed E-state index contributed by atoms with van der Waals surface area (Å²) in [4.78, 5) is 26.6. The Labute approximate surface area is 186 Å². The van der Waals surface area contributed by atoms with E-state index >= 15 is 0 Å². The van der Waals surface area contributed by atoms with Gasteiger partial charge in [-0.15, -0.1) is 0 Å². The number of carbonyl (C=O) groups excluding carboxylic acids is 1. The fraction of sp³-hybridized carbons (Fsp3) is 0.417.